The summed E-state index contributed by atoms with van der Waals surface area (Å²) < 4.78 is 19.7. The van der Waals surface area contributed by atoms with Crippen LogP contribution in [0.4, 0.5) is 4.39 Å². The monoisotopic (exact) mass is 354 g/mol. The lowest BCUT2D eigenvalue weighted by atomic mass is 10.1. The molecule has 2 aromatic carbocycles. The molecule has 3 aromatic rings. The number of aromatic amines is 1. The first-order chi connectivity index (χ1) is 12.7. The second-order valence-electron chi connectivity index (χ2n) is 5.69. The second-order valence-corrected chi connectivity index (χ2v) is 5.69. The lowest BCUT2D eigenvalue weighted by Gasteiger charge is -2.10. The summed E-state index contributed by atoms with van der Waals surface area (Å²) in [6.45, 7) is 0.807. The summed E-state index contributed by atoms with van der Waals surface area (Å²) in [7, 11) is 0. The van der Waals surface area contributed by atoms with E-state index in [4.69, 9.17) is 10.5 Å². The minimum atomic E-state index is -0.613. The van der Waals surface area contributed by atoms with Crippen LogP contribution >= 0.6 is 0 Å². The highest BCUT2D eigenvalue weighted by Crippen LogP contribution is 2.24. The van der Waals surface area contributed by atoms with Gasteiger partial charge in [-0.05, 0) is 54.9 Å². The first-order valence-corrected chi connectivity index (χ1v) is 8.18. The van der Waals surface area contributed by atoms with Crippen LogP contribution in [0.5, 0.6) is 11.5 Å². The van der Waals surface area contributed by atoms with Crippen LogP contribution < -0.4 is 15.8 Å². The van der Waals surface area contributed by atoms with Crippen LogP contribution in [0.15, 0.2) is 54.7 Å². The number of carbonyl (C=O) groups is 1. The number of hydrogen-bond donors (Lipinski definition) is 3. The second kappa shape index (κ2) is 8.26. The van der Waals surface area contributed by atoms with Crippen LogP contribution in [0.2, 0.25) is 0 Å². The Hall–Kier alpha value is -3.19. The van der Waals surface area contributed by atoms with Crippen molar-refractivity contribution in [3.63, 3.8) is 0 Å². The van der Waals surface area contributed by atoms with Crippen molar-refractivity contribution in [2.75, 3.05) is 6.54 Å². The average molecular weight is 354 g/mol. The third-order valence-electron chi connectivity index (χ3n) is 3.77. The van der Waals surface area contributed by atoms with Crippen LogP contribution in [0.1, 0.15) is 21.6 Å². The molecule has 1 heterocycles. The number of nitrogens with two attached hydrogens (primary N) is 1. The fourth-order valence-corrected chi connectivity index (χ4v) is 2.42. The van der Waals surface area contributed by atoms with Crippen LogP contribution in [-0.4, -0.2) is 22.6 Å². The summed E-state index contributed by atoms with van der Waals surface area (Å²) in [4.78, 5) is 12.2. The number of nitrogens with one attached hydrogen (secondary N) is 2. The van der Waals surface area contributed by atoms with Crippen LogP contribution in [0.25, 0.3) is 0 Å². The highest BCUT2D eigenvalue weighted by atomic mass is 19.1. The van der Waals surface area contributed by atoms with Crippen molar-refractivity contribution in [3.05, 3.63) is 77.4 Å². The van der Waals surface area contributed by atoms with Gasteiger partial charge in [0.15, 0.2) is 0 Å². The predicted octanol–water partition coefficient (Wildman–Crippen LogP) is 2.77. The fraction of sp³-hybridized carbons (Fsp3) is 0.158. The van der Waals surface area contributed by atoms with Gasteiger partial charge in [0, 0.05) is 6.20 Å². The van der Waals surface area contributed by atoms with E-state index in [2.05, 4.69) is 15.5 Å². The molecule has 4 N–H and O–H groups in total. The summed E-state index contributed by atoms with van der Waals surface area (Å²) in [5.41, 5.74) is 7.28. The Labute approximate surface area is 150 Å². The quantitative estimate of drug-likeness (QED) is 0.608. The molecule has 0 aliphatic heterocycles. The number of amides is 1. The molecule has 0 saturated carbocycles. The van der Waals surface area contributed by atoms with Crippen molar-refractivity contribution in [3.8, 4) is 11.5 Å². The molecule has 0 bridgehead atoms. The van der Waals surface area contributed by atoms with E-state index in [1.807, 2.05) is 24.3 Å². The Bertz CT molecular complexity index is 864. The van der Waals surface area contributed by atoms with Gasteiger partial charge in [0.05, 0.1) is 17.8 Å². The number of carbonyl (C=O) groups excluding carboxylic acids is 1. The van der Waals surface area contributed by atoms with Crippen molar-refractivity contribution in [2.24, 2.45) is 5.73 Å². The van der Waals surface area contributed by atoms with Gasteiger partial charge in [0.25, 0.3) is 5.91 Å². The fourth-order valence-electron chi connectivity index (χ4n) is 2.42. The zero-order valence-electron chi connectivity index (χ0n) is 14.0. The summed E-state index contributed by atoms with van der Waals surface area (Å²) >= 11 is 0. The van der Waals surface area contributed by atoms with Crippen LogP contribution in [0.3, 0.4) is 0 Å². The van der Waals surface area contributed by atoms with E-state index in [-0.39, 0.29) is 12.1 Å². The van der Waals surface area contributed by atoms with Crippen LogP contribution in [0, 0.1) is 5.82 Å². The van der Waals surface area contributed by atoms with Gasteiger partial charge < -0.3 is 15.8 Å². The number of benzene rings is 2. The summed E-state index contributed by atoms with van der Waals surface area (Å²) in [5.74, 6) is -0.163. The molecule has 3 rings (SSSR count). The SMILES string of the molecule is NCCc1ccc(Oc2ccc(F)c(C(=O)NCc3ccn[nH]3)c2)cc1. The van der Waals surface area contributed by atoms with Gasteiger partial charge in [-0.25, -0.2) is 4.39 Å². The van der Waals surface area contributed by atoms with Gasteiger partial charge in [-0.15, -0.1) is 0 Å². The van der Waals surface area contributed by atoms with E-state index in [0.717, 1.165) is 17.7 Å². The average Bonchev–Trinajstić information content (AvgIpc) is 3.17. The molecule has 1 aromatic heterocycles. The molecule has 0 atom stereocenters. The van der Waals surface area contributed by atoms with Crippen molar-refractivity contribution in [1.29, 1.82) is 0 Å². The van der Waals surface area contributed by atoms with Crippen LogP contribution in [-0.2, 0) is 13.0 Å². The molecule has 134 valence electrons. The molecule has 1 amide bonds. The Morgan fingerprint density at radius 3 is 2.62 bits per heavy atom. The molecular weight excluding hydrogens is 335 g/mol. The Kier molecular flexibility index (Phi) is 5.60. The molecule has 0 unspecified atom stereocenters. The van der Waals surface area contributed by atoms with Crippen molar-refractivity contribution in [2.45, 2.75) is 13.0 Å². The molecule has 7 heteroatoms. The Morgan fingerprint density at radius 2 is 1.92 bits per heavy atom. The molecule has 6 nitrogen and oxygen atoms in total. The Morgan fingerprint density at radius 1 is 1.15 bits per heavy atom. The number of aromatic nitrogens is 2. The highest BCUT2D eigenvalue weighted by Gasteiger charge is 2.13. The smallest absolute Gasteiger partial charge is 0.254 e. The van der Waals surface area contributed by atoms with E-state index in [1.165, 1.54) is 18.2 Å². The molecule has 0 saturated heterocycles. The standard InChI is InChI=1S/C19H19FN4O2/c20-18-6-5-16(26-15-3-1-13(2-4-15)7-9-21)11-17(18)19(25)22-12-14-8-10-23-24-14/h1-6,8,10-11H,7,9,12,21H2,(H,22,25)(H,23,24). The normalized spacial score (nSPS) is 10.5. The van der Waals surface area contributed by atoms with Crippen molar-refractivity contribution >= 4 is 5.91 Å². The topological polar surface area (TPSA) is 93.0 Å². The van der Waals surface area contributed by atoms with Gasteiger partial charge in [0.1, 0.15) is 17.3 Å². The number of ether oxygens (including phenoxy) is 1. The molecule has 0 aliphatic rings. The van der Waals surface area contributed by atoms with Gasteiger partial charge in [-0.2, -0.15) is 5.10 Å². The maximum Gasteiger partial charge on any atom is 0.254 e. The third-order valence-corrected chi connectivity index (χ3v) is 3.77. The molecule has 0 spiro atoms. The molecule has 26 heavy (non-hydrogen) atoms. The lowest BCUT2D eigenvalue weighted by molar-refractivity contribution is 0.0946. The van der Waals surface area contributed by atoms with Gasteiger partial charge >= 0.3 is 0 Å². The first kappa shape index (κ1) is 17.6. The largest absolute Gasteiger partial charge is 0.457 e. The first-order valence-electron chi connectivity index (χ1n) is 8.18. The molecular formula is C19H19FN4O2. The maximum absolute atomic E-state index is 14.0. The van der Waals surface area contributed by atoms with Gasteiger partial charge in [-0.1, -0.05) is 12.1 Å². The Balaban J connectivity index is 1.69. The van der Waals surface area contributed by atoms with E-state index in [9.17, 15) is 9.18 Å². The zero-order chi connectivity index (χ0) is 18.4. The summed E-state index contributed by atoms with van der Waals surface area (Å²) in [6.07, 6.45) is 2.37. The highest BCUT2D eigenvalue weighted by molar-refractivity contribution is 5.94. The van der Waals surface area contributed by atoms with E-state index in [1.54, 1.807) is 12.3 Å². The minimum Gasteiger partial charge on any atom is -0.457 e. The van der Waals surface area contributed by atoms with E-state index < -0.39 is 11.7 Å². The summed E-state index contributed by atoms with van der Waals surface area (Å²) in [6, 6.07) is 13.3. The summed E-state index contributed by atoms with van der Waals surface area (Å²) in [5, 5.41) is 9.15. The zero-order valence-corrected chi connectivity index (χ0v) is 14.0. The molecule has 0 radical (unpaired) electrons. The molecule has 0 fully saturated rings. The van der Waals surface area contributed by atoms with E-state index in [0.29, 0.717) is 18.0 Å². The number of nitrogens with zero attached hydrogens (tertiary/aromatic N) is 1. The van der Waals surface area contributed by atoms with Crippen molar-refractivity contribution in [1.82, 2.24) is 15.5 Å². The lowest BCUT2D eigenvalue weighted by Crippen LogP contribution is -2.24. The number of halogens is 1. The predicted molar refractivity (Wildman–Crippen MR) is 95.4 cm³/mol. The minimum absolute atomic E-state index is 0.0817. The van der Waals surface area contributed by atoms with Crippen molar-refractivity contribution < 1.29 is 13.9 Å². The van der Waals surface area contributed by atoms with Gasteiger partial charge in [-0.3, -0.25) is 9.89 Å². The number of H-pyrrole nitrogens is 1. The molecule has 0 aliphatic carbocycles. The number of hydrogen-bond acceptors (Lipinski definition) is 4. The van der Waals surface area contributed by atoms with E-state index >= 15 is 0 Å². The third kappa shape index (κ3) is 4.46. The maximum atomic E-state index is 14.0. The number of rotatable bonds is 7. The van der Waals surface area contributed by atoms with Gasteiger partial charge in [0.2, 0.25) is 0 Å².